The van der Waals surface area contributed by atoms with Crippen molar-refractivity contribution >= 4 is 0 Å². The van der Waals surface area contributed by atoms with Crippen LogP contribution in [0.3, 0.4) is 0 Å². The third kappa shape index (κ3) is 3.48. The third-order valence-corrected chi connectivity index (χ3v) is 6.97. The zero-order valence-corrected chi connectivity index (χ0v) is 18.8. The van der Waals surface area contributed by atoms with Crippen molar-refractivity contribution in [1.82, 2.24) is 45.8 Å². The molecule has 0 aliphatic carbocycles. The van der Waals surface area contributed by atoms with Gasteiger partial charge in [0.1, 0.15) is 0 Å². The molecule has 3 saturated heterocycles. The van der Waals surface area contributed by atoms with Crippen molar-refractivity contribution < 1.29 is 9.47 Å². The molecule has 12 nitrogen and oxygen atoms in total. The molecule has 3 fully saturated rings. The van der Waals surface area contributed by atoms with Crippen LogP contribution in [-0.2, 0) is 15.3 Å². The normalized spacial score (nSPS) is 30.9. The van der Waals surface area contributed by atoms with E-state index in [1.807, 2.05) is 17.0 Å². The fourth-order valence-corrected chi connectivity index (χ4v) is 5.43. The second-order valence-electron chi connectivity index (χ2n) is 8.95. The lowest BCUT2D eigenvalue weighted by molar-refractivity contribution is -0.191. The molecular formula is C21H33N9O3. The highest BCUT2D eigenvalue weighted by Gasteiger charge is 2.59. The molecule has 6 heterocycles. The van der Waals surface area contributed by atoms with Crippen molar-refractivity contribution in [2.45, 2.75) is 24.7 Å². The number of nitrogens with zero attached hydrogens (tertiary/aromatic N) is 5. The minimum atomic E-state index is -0.864. The van der Waals surface area contributed by atoms with Crippen LogP contribution < -0.4 is 21.6 Å². The smallest absolute Gasteiger partial charge is 0.264 e. The molecule has 5 aliphatic heterocycles. The number of piperazine rings is 1. The predicted molar refractivity (Wildman–Crippen MR) is 120 cm³/mol. The number of H-pyrrole nitrogens is 1. The van der Waals surface area contributed by atoms with E-state index in [0.29, 0.717) is 13.2 Å². The molecule has 0 spiro atoms. The Morgan fingerprint density at radius 1 is 1.06 bits per heavy atom. The quantitative estimate of drug-likeness (QED) is 0.415. The summed E-state index contributed by atoms with van der Waals surface area (Å²) in [5, 5.41) is 17.3. The second-order valence-corrected chi connectivity index (χ2v) is 8.95. The Kier molecular flexibility index (Phi) is 5.45. The van der Waals surface area contributed by atoms with Gasteiger partial charge in [0.2, 0.25) is 0 Å². The number of hydrogen-bond acceptors (Lipinski definition) is 10. The van der Waals surface area contributed by atoms with Gasteiger partial charge in [-0.3, -0.25) is 14.9 Å². The largest absolute Gasteiger partial charge is 0.491 e. The molecule has 1 aromatic rings. The van der Waals surface area contributed by atoms with Gasteiger partial charge in [0.05, 0.1) is 19.5 Å². The Labute approximate surface area is 192 Å². The predicted octanol–water partition coefficient (Wildman–Crippen LogP) is -1.52. The maximum Gasteiger partial charge on any atom is 0.264 e. The van der Waals surface area contributed by atoms with Crippen LogP contribution in [0.2, 0.25) is 0 Å². The summed E-state index contributed by atoms with van der Waals surface area (Å²) in [6.45, 7) is 8.32. The standard InChI is InChI=1S/C21H33N9O3/c31-18-4-9-29(25-18)21(17-3-1-14-33-17)24-19(28-8-2-5-23-28)20(26-12-15-32-16-13-26)30(21)27-10-6-22-7-11-27/h1,4,9,14,17,22-24H,2-3,5-8,10-13,15-16H2,(H,25,31). The molecule has 0 amide bonds. The molecule has 2 atom stereocenters. The lowest BCUT2D eigenvalue weighted by Crippen LogP contribution is -2.69. The summed E-state index contributed by atoms with van der Waals surface area (Å²) in [5.74, 6) is 1.24. The first-order valence-corrected chi connectivity index (χ1v) is 12.0. The van der Waals surface area contributed by atoms with Gasteiger partial charge in [-0.05, 0) is 12.5 Å². The number of morpholine rings is 1. The van der Waals surface area contributed by atoms with Gasteiger partial charge in [-0.25, -0.2) is 20.1 Å². The van der Waals surface area contributed by atoms with E-state index < -0.39 is 5.79 Å². The van der Waals surface area contributed by atoms with E-state index in [1.165, 1.54) is 0 Å². The monoisotopic (exact) mass is 459 g/mol. The number of aromatic amines is 1. The summed E-state index contributed by atoms with van der Waals surface area (Å²) in [6.07, 6.45) is 7.20. The summed E-state index contributed by atoms with van der Waals surface area (Å²) in [6, 6.07) is 1.57. The first kappa shape index (κ1) is 20.9. The average Bonchev–Trinajstić information content (AvgIpc) is 3.66. The highest BCUT2D eigenvalue weighted by molar-refractivity contribution is 5.23. The number of hydrazine groups is 2. The molecule has 0 radical (unpaired) electrons. The van der Waals surface area contributed by atoms with Crippen molar-refractivity contribution in [2.75, 3.05) is 65.6 Å². The Morgan fingerprint density at radius 3 is 2.58 bits per heavy atom. The molecule has 0 bridgehead atoms. The van der Waals surface area contributed by atoms with Crippen LogP contribution in [0, 0.1) is 0 Å². The van der Waals surface area contributed by atoms with Crippen molar-refractivity contribution in [3.05, 3.63) is 46.6 Å². The van der Waals surface area contributed by atoms with Gasteiger partial charge in [-0.1, -0.05) is 0 Å². The zero-order chi connectivity index (χ0) is 22.3. The number of nitrogens with one attached hydrogen (secondary N) is 4. The van der Waals surface area contributed by atoms with E-state index in [0.717, 1.165) is 76.8 Å². The maximum atomic E-state index is 12.3. The lowest BCUT2D eigenvalue weighted by atomic mass is 10.1. The van der Waals surface area contributed by atoms with Gasteiger partial charge >= 0.3 is 0 Å². The van der Waals surface area contributed by atoms with Crippen molar-refractivity contribution in [3.63, 3.8) is 0 Å². The van der Waals surface area contributed by atoms with E-state index in [-0.39, 0.29) is 11.7 Å². The van der Waals surface area contributed by atoms with Crippen molar-refractivity contribution in [1.29, 1.82) is 0 Å². The summed E-state index contributed by atoms with van der Waals surface area (Å²) in [5.41, 5.74) is 3.40. The van der Waals surface area contributed by atoms with Gasteiger partial charge in [0, 0.05) is 71.0 Å². The number of rotatable bonds is 5. The molecule has 2 unspecified atom stereocenters. The average molecular weight is 460 g/mol. The number of aromatic nitrogens is 2. The maximum absolute atomic E-state index is 12.3. The summed E-state index contributed by atoms with van der Waals surface area (Å²) in [7, 11) is 0. The Morgan fingerprint density at radius 2 is 1.91 bits per heavy atom. The van der Waals surface area contributed by atoms with Crippen LogP contribution >= 0.6 is 0 Å². The molecule has 4 N–H and O–H groups in total. The van der Waals surface area contributed by atoms with E-state index in [1.54, 1.807) is 12.3 Å². The van der Waals surface area contributed by atoms with E-state index in [9.17, 15) is 4.79 Å². The molecule has 12 heteroatoms. The lowest BCUT2D eigenvalue weighted by Gasteiger charge is -2.51. The molecule has 0 saturated carbocycles. The molecule has 33 heavy (non-hydrogen) atoms. The summed E-state index contributed by atoms with van der Waals surface area (Å²) >= 11 is 0. The van der Waals surface area contributed by atoms with Crippen molar-refractivity contribution in [3.8, 4) is 0 Å². The van der Waals surface area contributed by atoms with Crippen LogP contribution in [0.5, 0.6) is 0 Å². The van der Waals surface area contributed by atoms with Gasteiger partial charge in [0.15, 0.2) is 17.7 Å². The number of hydrogen-bond donors (Lipinski definition) is 4. The second kappa shape index (κ2) is 8.60. The first-order chi connectivity index (χ1) is 16.3. The zero-order valence-electron chi connectivity index (χ0n) is 18.8. The summed E-state index contributed by atoms with van der Waals surface area (Å²) in [4.78, 5) is 14.7. The van der Waals surface area contributed by atoms with E-state index in [2.05, 4.69) is 41.1 Å². The van der Waals surface area contributed by atoms with Crippen LogP contribution in [0.25, 0.3) is 0 Å². The van der Waals surface area contributed by atoms with E-state index >= 15 is 0 Å². The fraction of sp³-hybridized carbons (Fsp3) is 0.667. The Hall–Kier alpha value is -2.67. The van der Waals surface area contributed by atoms with Crippen LogP contribution in [0.4, 0.5) is 0 Å². The Balaban J connectivity index is 1.53. The topological polar surface area (TPSA) is 105 Å². The van der Waals surface area contributed by atoms with Crippen molar-refractivity contribution in [2.24, 2.45) is 0 Å². The first-order valence-electron chi connectivity index (χ1n) is 12.0. The molecular weight excluding hydrogens is 426 g/mol. The molecule has 6 rings (SSSR count). The van der Waals surface area contributed by atoms with Crippen LogP contribution in [-0.4, -0.2) is 101 Å². The van der Waals surface area contributed by atoms with Gasteiger partial charge in [0.25, 0.3) is 11.3 Å². The molecule has 1 aromatic heterocycles. The minimum Gasteiger partial charge on any atom is -0.491 e. The molecule has 0 aromatic carbocycles. The highest BCUT2D eigenvalue weighted by atomic mass is 16.5. The van der Waals surface area contributed by atoms with Gasteiger partial charge in [-0.2, -0.15) is 0 Å². The van der Waals surface area contributed by atoms with Crippen LogP contribution in [0.15, 0.2) is 41.0 Å². The highest BCUT2D eigenvalue weighted by Crippen LogP contribution is 2.42. The minimum absolute atomic E-state index is 0.136. The van der Waals surface area contributed by atoms with Crippen LogP contribution in [0.1, 0.15) is 12.8 Å². The SMILES string of the molecule is O=c1ccn(C2(C3CC=CO3)NC(N3CCCN3)=C(N3CCOCC3)N2N2CCNCC2)[nH]1. The number of ether oxygens (including phenoxy) is 2. The summed E-state index contributed by atoms with van der Waals surface area (Å²) < 4.78 is 13.8. The third-order valence-electron chi connectivity index (χ3n) is 6.97. The van der Waals surface area contributed by atoms with Gasteiger partial charge in [-0.15, -0.1) is 0 Å². The Bertz CT molecular complexity index is 948. The fourth-order valence-electron chi connectivity index (χ4n) is 5.43. The van der Waals surface area contributed by atoms with E-state index in [4.69, 9.17) is 9.47 Å². The van der Waals surface area contributed by atoms with Gasteiger partial charge < -0.3 is 25.0 Å². The molecule has 5 aliphatic rings. The molecule has 180 valence electrons.